The molecule has 0 saturated carbocycles. The zero-order valence-corrected chi connectivity index (χ0v) is 12.6. The Labute approximate surface area is 121 Å². The Hall–Kier alpha value is -0.580. The molecule has 5 heteroatoms. The van der Waals surface area contributed by atoms with Crippen LogP contribution in [0.4, 0.5) is 0 Å². The van der Waals surface area contributed by atoms with Gasteiger partial charge in [0, 0.05) is 30.1 Å². The van der Waals surface area contributed by atoms with Crippen LogP contribution in [0.15, 0.2) is 22.7 Å². The standard InChI is InChI=1S/C13H16BrClN2O/c1-9-8-17(5-4-16-9)13(18)7-10-2-3-12(15)11(14)6-10/h2-3,6,9,16H,4-5,7-8H2,1H3/t9-/m0/s1. The molecule has 1 atom stereocenters. The van der Waals surface area contributed by atoms with Crippen LogP contribution in [0.3, 0.4) is 0 Å². The third-order valence-electron chi connectivity index (χ3n) is 3.06. The molecular weight excluding hydrogens is 316 g/mol. The van der Waals surface area contributed by atoms with E-state index in [1.165, 1.54) is 0 Å². The molecule has 0 bridgehead atoms. The van der Waals surface area contributed by atoms with E-state index in [0.717, 1.165) is 29.7 Å². The van der Waals surface area contributed by atoms with Crippen molar-refractivity contribution in [3.8, 4) is 0 Å². The van der Waals surface area contributed by atoms with Crippen molar-refractivity contribution in [1.82, 2.24) is 10.2 Å². The number of halogens is 2. The van der Waals surface area contributed by atoms with Gasteiger partial charge in [-0.2, -0.15) is 0 Å². The van der Waals surface area contributed by atoms with Gasteiger partial charge in [0.1, 0.15) is 0 Å². The summed E-state index contributed by atoms with van der Waals surface area (Å²) in [6, 6.07) is 6.00. The van der Waals surface area contributed by atoms with Gasteiger partial charge in [0.15, 0.2) is 0 Å². The van der Waals surface area contributed by atoms with Gasteiger partial charge < -0.3 is 10.2 Å². The van der Waals surface area contributed by atoms with E-state index in [9.17, 15) is 4.79 Å². The normalized spacial score (nSPS) is 19.9. The second-order valence-electron chi connectivity index (χ2n) is 4.62. The fraction of sp³-hybridized carbons (Fsp3) is 0.462. The Morgan fingerprint density at radius 2 is 2.39 bits per heavy atom. The van der Waals surface area contributed by atoms with E-state index in [4.69, 9.17) is 11.6 Å². The first-order valence-electron chi connectivity index (χ1n) is 6.01. The largest absolute Gasteiger partial charge is 0.340 e. The number of rotatable bonds is 2. The summed E-state index contributed by atoms with van der Waals surface area (Å²) >= 11 is 9.31. The Morgan fingerprint density at radius 1 is 1.61 bits per heavy atom. The predicted octanol–water partition coefficient (Wildman–Crippen LogP) is 2.47. The SMILES string of the molecule is C[C@H]1CN(C(=O)Cc2ccc(Cl)c(Br)c2)CCN1. The van der Waals surface area contributed by atoms with Crippen LogP contribution >= 0.6 is 27.5 Å². The second kappa shape index (κ2) is 6.04. The number of hydrogen-bond donors (Lipinski definition) is 1. The molecule has 98 valence electrons. The monoisotopic (exact) mass is 330 g/mol. The molecule has 0 aliphatic carbocycles. The van der Waals surface area contributed by atoms with E-state index in [2.05, 4.69) is 28.2 Å². The molecule has 0 radical (unpaired) electrons. The number of benzene rings is 1. The van der Waals surface area contributed by atoms with Gasteiger partial charge in [0.25, 0.3) is 0 Å². The molecule has 1 aromatic rings. The third kappa shape index (κ3) is 3.46. The second-order valence-corrected chi connectivity index (χ2v) is 5.88. The Balaban J connectivity index is 2.00. The Bertz CT molecular complexity index is 453. The van der Waals surface area contributed by atoms with Crippen LogP contribution in [0.5, 0.6) is 0 Å². The molecule has 1 aliphatic heterocycles. The van der Waals surface area contributed by atoms with Crippen LogP contribution in [-0.2, 0) is 11.2 Å². The highest BCUT2D eigenvalue weighted by Crippen LogP contribution is 2.23. The summed E-state index contributed by atoms with van der Waals surface area (Å²) in [4.78, 5) is 14.1. The van der Waals surface area contributed by atoms with E-state index in [0.29, 0.717) is 17.5 Å². The smallest absolute Gasteiger partial charge is 0.227 e. The minimum Gasteiger partial charge on any atom is -0.340 e. The average Bonchev–Trinajstić information content (AvgIpc) is 2.34. The molecule has 1 saturated heterocycles. The zero-order valence-electron chi connectivity index (χ0n) is 10.2. The molecule has 1 aromatic carbocycles. The minimum absolute atomic E-state index is 0.178. The summed E-state index contributed by atoms with van der Waals surface area (Å²) in [5.74, 6) is 0.178. The van der Waals surface area contributed by atoms with Crippen molar-refractivity contribution in [3.05, 3.63) is 33.3 Å². The van der Waals surface area contributed by atoms with E-state index in [1.54, 1.807) is 0 Å². The van der Waals surface area contributed by atoms with E-state index in [-0.39, 0.29) is 5.91 Å². The fourth-order valence-electron chi connectivity index (χ4n) is 2.09. The highest BCUT2D eigenvalue weighted by molar-refractivity contribution is 9.10. The number of nitrogens with zero attached hydrogens (tertiary/aromatic N) is 1. The molecular formula is C13H16BrClN2O. The van der Waals surface area contributed by atoms with Gasteiger partial charge in [-0.3, -0.25) is 4.79 Å². The third-order valence-corrected chi connectivity index (χ3v) is 4.27. The average molecular weight is 332 g/mol. The number of nitrogens with one attached hydrogen (secondary N) is 1. The number of piperazine rings is 1. The Morgan fingerprint density at radius 3 is 3.06 bits per heavy atom. The maximum Gasteiger partial charge on any atom is 0.227 e. The van der Waals surface area contributed by atoms with Crippen LogP contribution in [0, 0.1) is 0 Å². The van der Waals surface area contributed by atoms with Gasteiger partial charge in [0.2, 0.25) is 5.91 Å². The first-order chi connectivity index (χ1) is 8.56. The van der Waals surface area contributed by atoms with Crippen molar-refractivity contribution < 1.29 is 4.79 Å². The van der Waals surface area contributed by atoms with Gasteiger partial charge in [-0.1, -0.05) is 17.7 Å². The summed E-state index contributed by atoms with van der Waals surface area (Å²) < 4.78 is 0.836. The molecule has 1 aliphatic rings. The van der Waals surface area contributed by atoms with Crippen LogP contribution in [0.1, 0.15) is 12.5 Å². The summed E-state index contributed by atoms with van der Waals surface area (Å²) in [5.41, 5.74) is 0.988. The van der Waals surface area contributed by atoms with Crippen molar-refractivity contribution in [3.63, 3.8) is 0 Å². The van der Waals surface area contributed by atoms with Crippen molar-refractivity contribution >= 4 is 33.4 Å². The Kier molecular flexibility index (Phi) is 4.65. The first-order valence-corrected chi connectivity index (χ1v) is 7.18. The van der Waals surface area contributed by atoms with Crippen molar-refractivity contribution in [2.75, 3.05) is 19.6 Å². The van der Waals surface area contributed by atoms with Gasteiger partial charge in [-0.15, -0.1) is 0 Å². The first kappa shape index (κ1) is 13.8. The van der Waals surface area contributed by atoms with Crippen LogP contribution in [-0.4, -0.2) is 36.5 Å². The van der Waals surface area contributed by atoms with Crippen LogP contribution in [0.25, 0.3) is 0 Å². The lowest BCUT2D eigenvalue weighted by molar-refractivity contribution is -0.131. The zero-order chi connectivity index (χ0) is 13.1. The van der Waals surface area contributed by atoms with Gasteiger partial charge in [-0.25, -0.2) is 0 Å². The van der Waals surface area contributed by atoms with E-state index in [1.807, 2.05) is 23.1 Å². The molecule has 0 unspecified atom stereocenters. The topological polar surface area (TPSA) is 32.3 Å². The summed E-state index contributed by atoms with van der Waals surface area (Å²) in [6.07, 6.45) is 0.433. The number of hydrogen-bond acceptors (Lipinski definition) is 2. The molecule has 0 aromatic heterocycles. The molecule has 0 spiro atoms. The van der Waals surface area contributed by atoms with E-state index < -0.39 is 0 Å². The van der Waals surface area contributed by atoms with Crippen LogP contribution in [0.2, 0.25) is 5.02 Å². The van der Waals surface area contributed by atoms with Gasteiger partial charge in [-0.05, 0) is 40.5 Å². The van der Waals surface area contributed by atoms with Crippen molar-refractivity contribution in [2.24, 2.45) is 0 Å². The predicted molar refractivity (Wildman–Crippen MR) is 76.9 cm³/mol. The summed E-state index contributed by atoms with van der Waals surface area (Å²) in [6.45, 7) is 4.54. The molecule has 1 amide bonds. The van der Waals surface area contributed by atoms with Crippen LogP contribution < -0.4 is 5.32 Å². The lowest BCUT2D eigenvalue weighted by Crippen LogP contribution is -2.51. The number of carbonyl (C=O) groups is 1. The van der Waals surface area contributed by atoms with Crippen molar-refractivity contribution in [1.29, 1.82) is 0 Å². The highest BCUT2D eigenvalue weighted by Gasteiger charge is 2.20. The summed E-state index contributed by atoms with van der Waals surface area (Å²) in [7, 11) is 0. The molecule has 3 nitrogen and oxygen atoms in total. The summed E-state index contributed by atoms with van der Waals surface area (Å²) in [5, 5.41) is 4.00. The quantitative estimate of drug-likeness (QED) is 0.903. The molecule has 1 N–H and O–H groups in total. The molecule has 2 rings (SSSR count). The maximum atomic E-state index is 12.2. The van der Waals surface area contributed by atoms with Gasteiger partial charge >= 0.3 is 0 Å². The minimum atomic E-state index is 0.178. The highest BCUT2D eigenvalue weighted by atomic mass is 79.9. The lowest BCUT2D eigenvalue weighted by Gasteiger charge is -2.32. The van der Waals surface area contributed by atoms with Gasteiger partial charge in [0.05, 0.1) is 11.4 Å². The van der Waals surface area contributed by atoms with E-state index >= 15 is 0 Å². The molecule has 18 heavy (non-hydrogen) atoms. The molecule has 1 fully saturated rings. The number of amides is 1. The number of carbonyl (C=O) groups excluding carboxylic acids is 1. The maximum absolute atomic E-state index is 12.2. The molecule has 1 heterocycles. The van der Waals surface area contributed by atoms with Crippen molar-refractivity contribution in [2.45, 2.75) is 19.4 Å². The lowest BCUT2D eigenvalue weighted by atomic mass is 10.1. The fourth-order valence-corrected chi connectivity index (χ4v) is 2.64.